The lowest BCUT2D eigenvalue weighted by Crippen LogP contribution is -2.46. The summed E-state index contributed by atoms with van der Waals surface area (Å²) in [4.78, 5) is 12.9. The maximum Gasteiger partial charge on any atom is 0.501 e. The molecule has 0 fully saturated rings. The van der Waals surface area contributed by atoms with Crippen LogP contribution >= 0.6 is 0 Å². The van der Waals surface area contributed by atoms with Crippen molar-refractivity contribution in [2.45, 2.75) is 46.1 Å². The minimum absolute atomic E-state index is 0.177. The molecule has 0 saturated heterocycles. The van der Waals surface area contributed by atoms with Crippen LogP contribution in [0.2, 0.25) is 6.04 Å². The van der Waals surface area contributed by atoms with E-state index in [1.54, 1.807) is 0 Å². The molecule has 28 heavy (non-hydrogen) atoms. The van der Waals surface area contributed by atoms with Crippen LogP contribution in [0.1, 0.15) is 48.7 Å². The first-order chi connectivity index (χ1) is 13.6. The SMILES string of the molecule is CCO[Si](CCc1ccccc1C(=O)CCc1ccccc1)(OCC)OCC. The van der Waals surface area contributed by atoms with E-state index in [1.165, 1.54) is 5.56 Å². The normalized spacial score (nSPS) is 11.5. The average Bonchev–Trinajstić information content (AvgIpc) is 2.72. The minimum Gasteiger partial charge on any atom is -0.374 e. The summed E-state index contributed by atoms with van der Waals surface area (Å²) in [5.41, 5.74) is 3.02. The van der Waals surface area contributed by atoms with Crippen molar-refractivity contribution in [3.05, 3.63) is 71.3 Å². The van der Waals surface area contributed by atoms with Crippen molar-refractivity contribution in [3.63, 3.8) is 0 Å². The van der Waals surface area contributed by atoms with Crippen LogP contribution in [0.15, 0.2) is 54.6 Å². The van der Waals surface area contributed by atoms with Gasteiger partial charge in [0.1, 0.15) is 0 Å². The van der Waals surface area contributed by atoms with Gasteiger partial charge in [-0.2, -0.15) is 0 Å². The Hall–Kier alpha value is -1.79. The van der Waals surface area contributed by atoms with Crippen molar-refractivity contribution < 1.29 is 18.1 Å². The lowest BCUT2D eigenvalue weighted by molar-refractivity contribution is 0.0713. The summed E-state index contributed by atoms with van der Waals surface area (Å²) in [5, 5.41) is 0. The number of carbonyl (C=O) groups excluding carboxylic acids is 1. The molecule has 0 spiro atoms. The van der Waals surface area contributed by atoms with Gasteiger partial charge in [-0.3, -0.25) is 4.79 Å². The molecule has 0 unspecified atom stereocenters. The number of aryl methyl sites for hydroxylation is 2. The Morgan fingerprint density at radius 3 is 1.96 bits per heavy atom. The summed E-state index contributed by atoms with van der Waals surface area (Å²) < 4.78 is 17.8. The average molecular weight is 401 g/mol. The van der Waals surface area contributed by atoms with Crippen LogP contribution < -0.4 is 0 Å². The summed E-state index contributed by atoms with van der Waals surface area (Å²) in [6.07, 6.45) is 1.97. The zero-order chi connectivity index (χ0) is 20.2. The summed E-state index contributed by atoms with van der Waals surface area (Å²) >= 11 is 0. The number of hydrogen-bond donors (Lipinski definition) is 0. The van der Waals surface area contributed by atoms with Crippen LogP contribution in [0.25, 0.3) is 0 Å². The van der Waals surface area contributed by atoms with Crippen LogP contribution in [-0.2, 0) is 26.1 Å². The number of hydrogen-bond acceptors (Lipinski definition) is 4. The predicted octanol–water partition coefficient (Wildman–Crippen LogP) is 5.09. The van der Waals surface area contributed by atoms with Gasteiger partial charge in [-0.15, -0.1) is 0 Å². The van der Waals surface area contributed by atoms with Gasteiger partial charge < -0.3 is 13.3 Å². The maximum atomic E-state index is 12.9. The minimum atomic E-state index is -2.72. The van der Waals surface area contributed by atoms with Crippen molar-refractivity contribution >= 4 is 14.6 Å². The summed E-state index contributed by atoms with van der Waals surface area (Å²) in [6, 6.07) is 18.7. The van der Waals surface area contributed by atoms with E-state index >= 15 is 0 Å². The van der Waals surface area contributed by atoms with E-state index in [1.807, 2.05) is 63.2 Å². The van der Waals surface area contributed by atoms with Crippen LogP contribution in [0, 0.1) is 0 Å². The van der Waals surface area contributed by atoms with E-state index in [2.05, 4.69) is 12.1 Å². The molecule has 0 aliphatic rings. The van der Waals surface area contributed by atoms with Gasteiger partial charge in [-0.05, 0) is 44.7 Å². The molecular formula is C23H32O4Si. The molecule has 0 saturated carbocycles. The Balaban J connectivity index is 2.08. The van der Waals surface area contributed by atoms with Crippen molar-refractivity contribution in [2.24, 2.45) is 0 Å². The molecule has 2 aromatic carbocycles. The lowest BCUT2D eigenvalue weighted by atomic mass is 9.97. The van der Waals surface area contributed by atoms with E-state index in [4.69, 9.17) is 13.3 Å². The third kappa shape index (κ3) is 6.67. The third-order valence-electron chi connectivity index (χ3n) is 4.59. The van der Waals surface area contributed by atoms with E-state index in [0.29, 0.717) is 38.7 Å². The first-order valence-corrected chi connectivity index (χ1v) is 12.1. The molecule has 0 aliphatic carbocycles. The number of ketones is 1. The molecule has 0 aliphatic heterocycles. The predicted molar refractivity (Wildman–Crippen MR) is 115 cm³/mol. The molecule has 2 aromatic rings. The highest BCUT2D eigenvalue weighted by Gasteiger charge is 2.40. The summed E-state index contributed by atoms with van der Waals surface area (Å²) in [5.74, 6) is 0.177. The second kappa shape index (κ2) is 11.9. The molecule has 152 valence electrons. The van der Waals surface area contributed by atoms with Crippen LogP contribution in [0.4, 0.5) is 0 Å². The highest BCUT2D eigenvalue weighted by Crippen LogP contribution is 2.22. The lowest BCUT2D eigenvalue weighted by Gasteiger charge is -2.28. The molecule has 4 nitrogen and oxygen atoms in total. The Morgan fingerprint density at radius 2 is 1.36 bits per heavy atom. The molecule has 2 rings (SSSR count). The first-order valence-electron chi connectivity index (χ1n) is 10.2. The molecule has 0 aromatic heterocycles. The Kier molecular flexibility index (Phi) is 9.57. The fourth-order valence-corrected chi connectivity index (χ4v) is 5.91. The molecule has 0 atom stereocenters. The molecule has 0 bridgehead atoms. The van der Waals surface area contributed by atoms with Crippen LogP contribution in [0.5, 0.6) is 0 Å². The molecule has 0 radical (unpaired) electrons. The zero-order valence-corrected chi connectivity index (χ0v) is 18.3. The fourth-order valence-electron chi connectivity index (χ4n) is 3.34. The molecule has 0 N–H and O–H groups in total. The summed E-state index contributed by atoms with van der Waals surface area (Å²) in [6.45, 7) is 7.56. The van der Waals surface area contributed by atoms with Crippen molar-refractivity contribution in [1.82, 2.24) is 0 Å². The van der Waals surface area contributed by atoms with E-state index in [0.717, 1.165) is 17.5 Å². The second-order valence-electron chi connectivity index (χ2n) is 6.55. The Bertz CT molecular complexity index is 701. The van der Waals surface area contributed by atoms with Crippen LogP contribution in [-0.4, -0.2) is 34.4 Å². The topological polar surface area (TPSA) is 44.8 Å². The number of benzene rings is 2. The van der Waals surface area contributed by atoms with Gasteiger partial charge in [0.2, 0.25) is 0 Å². The van der Waals surface area contributed by atoms with Crippen LogP contribution in [0.3, 0.4) is 0 Å². The quantitative estimate of drug-likeness (QED) is 0.347. The fraction of sp³-hybridized carbons (Fsp3) is 0.435. The highest BCUT2D eigenvalue weighted by atomic mass is 28.4. The largest absolute Gasteiger partial charge is 0.501 e. The second-order valence-corrected chi connectivity index (χ2v) is 9.28. The van der Waals surface area contributed by atoms with Crippen molar-refractivity contribution in [3.8, 4) is 0 Å². The monoisotopic (exact) mass is 400 g/mol. The van der Waals surface area contributed by atoms with Gasteiger partial charge in [0.25, 0.3) is 0 Å². The van der Waals surface area contributed by atoms with E-state index in [9.17, 15) is 4.79 Å². The first kappa shape index (κ1) is 22.5. The molecule has 5 heteroatoms. The van der Waals surface area contributed by atoms with Gasteiger partial charge in [0, 0.05) is 37.8 Å². The molecule has 0 heterocycles. The molecule has 0 amide bonds. The number of rotatable bonds is 13. The smallest absolute Gasteiger partial charge is 0.374 e. The number of Topliss-reactive ketones (excluding diaryl/α,β-unsaturated/α-hetero) is 1. The zero-order valence-electron chi connectivity index (χ0n) is 17.3. The Morgan fingerprint density at radius 1 is 0.786 bits per heavy atom. The van der Waals surface area contributed by atoms with Gasteiger partial charge in [-0.1, -0.05) is 54.6 Å². The third-order valence-corrected chi connectivity index (χ3v) is 7.64. The molecular weight excluding hydrogens is 368 g/mol. The van der Waals surface area contributed by atoms with Gasteiger partial charge in [0.15, 0.2) is 5.78 Å². The van der Waals surface area contributed by atoms with Crippen molar-refractivity contribution in [1.29, 1.82) is 0 Å². The van der Waals surface area contributed by atoms with Gasteiger partial charge in [-0.25, -0.2) is 0 Å². The summed E-state index contributed by atoms with van der Waals surface area (Å²) in [7, 11) is -2.72. The van der Waals surface area contributed by atoms with Gasteiger partial charge >= 0.3 is 8.80 Å². The maximum absolute atomic E-state index is 12.9. The van der Waals surface area contributed by atoms with Crippen molar-refractivity contribution in [2.75, 3.05) is 19.8 Å². The van der Waals surface area contributed by atoms with Gasteiger partial charge in [0.05, 0.1) is 0 Å². The van der Waals surface area contributed by atoms with E-state index < -0.39 is 8.80 Å². The standard InChI is InChI=1S/C23H32O4Si/c1-4-25-28(26-5-2,27-6-3)19-18-21-14-10-11-15-22(21)23(24)17-16-20-12-8-7-9-13-20/h7-15H,4-6,16-19H2,1-3H3. The number of carbonyl (C=O) groups is 1. The highest BCUT2D eigenvalue weighted by molar-refractivity contribution is 6.60. The van der Waals surface area contributed by atoms with E-state index in [-0.39, 0.29) is 5.78 Å². The Labute approximate surface area is 170 Å².